The molecule has 15 heavy (non-hydrogen) atoms. The molecule has 5 nitrogen and oxygen atoms in total. The van der Waals surface area contributed by atoms with E-state index in [4.69, 9.17) is 10.8 Å². The third kappa shape index (κ3) is 3.95. The highest BCUT2D eigenvalue weighted by atomic mass is 16.3. The largest absolute Gasteiger partial charge is 0.495 e. The second-order valence-electron chi connectivity index (χ2n) is 2.63. The number of nitrogens with two attached hydrogens (primary N) is 1. The highest BCUT2D eigenvalue weighted by Gasteiger charge is 1.95. The summed E-state index contributed by atoms with van der Waals surface area (Å²) in [5.41, 5.74) is 5.22. The SMILES string of the molecule is NC(=O)c1ccccn1.Oc1ccc[nH]1. The van der Waals surface area contributed by atoms with Crippen LogP contribution in [0.15, 0.2) is 42.7 Å². The summed E-state index contributed by atoms with van der Waals surface area (Å²) < 4.78 is 0. The number of amides is 1. The average Bonchev–Trinajstić information content (AvgIpc) is 2.71. The fourth-order valence-electron chi connectivity index (χ4n) is 0.829. The first-order valence-corrected chi connectivity index (χ1v) is 4.23. The Balaban J connectivity index is 0.000000162. The number of aromatic amines is 1. The van der Waals surface area contributed by atoms with Crippen LogP contribution in [0, 0.1) is 0 Å². The lowest BCUT2D eigenvalue weighted by molar-refractivity contribution is 0.0995. The molecule has 2 rings (SSSR count). The van der Waals surface area contributed by atoms with Crippen LogP contribution < -0.4 is 5.73 Å². The number of aromatic hydroxyl groups is 1. The highest BCUT2D eigenvalue weighted by Crippen LogP contribution is 1.97. The summed E-state index contributed by atoms with van der Waals surface area (Å²) in [5, 5.41) is 8.42. The number of carbonyl (C=O) groups is 1. The lowest BCUT2D eigenvalue weighted by Crippen LogP contribution is -2.12. The first-order valence-electron chi connectivity index (χ1n) is 4.23. The predicted octanol–water partition coefficient (Wildman–Crippen LogP) is 0.901. The van der Waals surface area contributed by atoms with Gasteiger partial charge in [0.15, 0.2) is 5.88 Å². The first kappa shape index (κ1) is 10.8. The summed E-state index contributed by atoms with van der Waals surface area (Å²) in [6.07, 6.45) is 3.19. The molecule has 5 heteroatoms. The summed E-state index contributed by atoms with van der Waals surface area (Å²) in [7, 11) is 0. The van der Waals surface area contributed by atoms with Gasteiger partial charge in [0.05, 0.1) is 0 Å². The molecule has 0 aromatic carbocycles. The van der Waals surface area contributed by atoms with Crippen molar-refractivity contribution in [2.45, 2.75) is 0 Å². The molecule has 0 aliphatic heterocycles. The van der Waals surface area contributed by atoms with E-state index in [9.17, 15) is 4.79 Å². The van der Waals surface area contributed by atoms with Gasteiger partial charge in [0.25, 0.3) is 5.91 Å². The summed E-state index contributed by atoms with van der Waals surface area (Å²) in [5.74, 6) is -0.273. The molecule has 0 saturated heterocycles. The van der Waals surface area contributed by atoms with E-state index in [2.05, 4.69) is 9.97 Å². The molecule has 0 aliphatic rings. The molecule has 2 heterocycles. The van der Waals surface area contributed by atoms with Gasteiger partial charge in [-0.05, 0) is 24.3 Å². The molecule has 2 aromatic heterocycles. The monoisotopic (exact) mass is 205 g/mol. The van der Waals surface area contributed by atoms with Crippen LogP contribution >= 0.6 is 0 Å². The Bertz CT molecular complexity index is 398. The second kappa shape index (κ2) is 5.43. The molecule has 2 aromatic rings. The van der Waals surface area contributed by atoms with E-state index in [1.165, 1.54) is 6.20 Å². The van der Waals surface area contributed by atoms with Crippen molar-refractivity contribution in [3.63, 3.8) is 0 Å². The van der Waals surface area contributed by atoms with Crippen LogP contribution in [0.2, 0.25) is 0 Å². The molecule has 4 N–H and O–H groups in total. The number of nitrogens with one attached hydrogen (secondary N) is 1. The predicted molar refractivity (Wildman–Crippen MR) is 55.2 cm³/mol. The first-order chi connectivity index (χ1) is 7.20. The number of hydrogen-bond acceptors (Lipinski definition) is 3. The van der Waals surface area contributed by atoms with Crippen LogP contribution in [0.1, 0.15) is 10.5 Å². The van der Waals surface area contributed by atoms with Crippen molar-refractivity contribution in [3.8, 4) is 5.88 Å². The molecular weight excluding hydrogens is 194 g/mol. The van der Waals surface area contributed by atoms with Crippen LogP contribution in [-0.4, -0.2) is 21.0 Å². The lowest BCUT2D eigenvalue weighted by atomic mass is 10.3. The quantitative estimate of drug-likeness (QED) is 0.645. The molecule has 0 unspecified atom stereocenters. The fraction of sp³-hybridized carbons (Fsp3) is 0. The van der Waals surface area contributed by atoms with Gasteiger partial charge in [-0.1, -0.05) is 6.07 Å². The number of carbonyl (C=O) groups excluding carboxylic acids is 1. The number of nitrogens with zero attached hydrogens (tertiary/aromatic N) is 1. The number of rotatable bonds is 1. The van der Waals surface area contributed by atoms with E-state index in [-0.39, 0.29) is 5.88 Å². The smallest absolute Gasteiger partial charge is 0.267 e. The second-order valence-corrected chi connectivity index (χ2v) is 2.63. The van der Waals surface area contributed by atoms with Gasteiger partial charge in [0.1, 0.15) is 5.69 Å². The van der Waals surface area contributed by atoms with E-state index >= 15 is 0 Å². The molecule has 0 spiro atoms. The summed E-state index contributed by atoms with van der Waals surface area (Å²) in [6, 6.07) is 8.33. The van der Waals surface area contributed by atoms with Crippen LogP contribution in [-0.2, 0) is 0 Å². The number of hydrogen-bond donors (Lipinski definition) is 3. The van der Waals surface area contributed by atoms with E-state index in [0.717, 1.165) is 0 Å². The molecule has 0 aliphatic carbocycles. The van der Waals surface area contributed by atoms with Gasteiger partial charge < -0.3 is 15.8 Å². The van der Waals surface area contributed by atoms with Gasteiger partial charge in [-0.3, -0.25) is 9.78 Å². The summed E-state index contributed by atoms with van der Waals surface area (Å²) in [4.78, 5) is 16.6. The van der Waals surface area contributed by atoms with Crippen molar-refractivity contribution in [3.05, 3.63) is 48.4 Å². The molecular formula is C10H11N3O2. The van der Waals surface area contributed by atoms with Gasteiger partial charge in [-0.15, -0.1) is 0 Å². The van der Waals surface area contributed by atoms with E-state index in [1.807, 2.05) is 0 Å². The molecule has 0 fully saturated rings. The fourth-order valence-corrected chi connectivity index (χ4v) is 0.829. The van der Waals surface area contributed by atoms with Crippen LogP contribution in [0.4, 0.5) is 0 Å². The Morgan fingerprint density at radius 2 is 2.13 bits per heavy atom. The Morgan fingerprint density at radius 3 is 2.40 bits per heavy atom. The third-order valence-corrected chi connectivity index (χ3v) is 1.50. The minimum absolute atomic E-state index is 0.218. The Morgan fingerprint density at radius 1 is 1.33 bits per heavy atom. The Hall–Kier alpha value is -2.30. The standard InChI is InChI=1S/C6H6N2O.C4H5NO/c7-6(9)5-3-1-2-4-8-5;6-4-2-1-3-5-4/h1-4H,(H2,7,9);1-3,5-6H. The maximum atomic E-state index is 10.4. The molecule has 0 saturated carbocycles. The average molecular weight is 205 g/mol. The van der Waals surface area contributed by atoms with Crippen LogP contribution in [0.5, 0.6) is 5.88 Å². The molecule has 0 radical (unpaired) electrons. The Kier molecular flexibility index (Phi) is 3.91. The van der Waals surface area contributed by atoms with Gasteiger partial charge in [0, 0.05) is 12.4 Å². The molecule has 0 atom stereocenters. The van der Waals surface area contributed by atoms with Crippen molar-refractivity contribution in [2.24, 2.45) is 5.73 Å². The van der Waals surface area contributed by atoms with Gasteiger partial charge in [0.2, 0.25) is 0 Å². The normalized spacial score (nSPS) is 8.80. The lowest BCUT2D eigenvalue weighted by Gasteiger charge is -1.88. The van der Waals surface area contributed by atoms with E-state index < -0.39 is 5.91 Å². The summed E-state index contributed by atoms with van der Waals surface area (Å²) in [6.45, 7) is 0. The molecule has 1 amide bonds. The zero-order chi connectivity index (χ0) is 11.1. The maximum absolute atomic E-state index is 10.4. The van der Waals surface area contributed by atoms with Crippen molar-refractivity contribution in [1.82, 2.24) is 9.97 Å². The number of H-pyrrole nitrogens is 1. The zero-order valence-electron chi connectivity index (χ0n) is 7.92. The highest BCUT2D eigenvalue weighted by molar-refractivity contribution is 5.90. The van der Waals surface area contributed by atoms with Gasteiger partial charge in [-0.25, -0.2) is 0 Å². The molecule has 0 bridgehead atoms. The number of pyridine rings is 1. The van der Waals surface area contributed by atoms with Gasteiger partial charge >= 0.3 is 0 Å². The zero-order valence-corrected chi connectivity index (χ0v) is 7.92. The minimum Gasteiger partial charge on any atom is -0.495 e. The molecule has 78 valence electrons. The van der Waals surface area contributed by atoms with Crippen molar-refractivity contribution in [2.75, 3.05) is 0 Å². The van der Waals surface area contributed by atoms with E-state index in [1.54, 1.807) is 36.5 Å². The summed E-state index contributed by atoms with van der Waals surface area (Å²) >= 11 is 0. The maximum Gasteiger partial charge on any atom is 0.267 e. The number of aromatic nitrogens is 2. The topological polar surface area (TPSA) is 92.0 Å². The van der Waals surface area contributed by atoms with Gasteiger partial charge in [-0.2, -0.15) is 0 Å². The minimum atomic E-state index is -0.490. The van der Waals surface area contributed by atoms with Crippen molar-refractivity contribution in [1.29, 1.82) is 0 Å². The Labute approximate surface area is 86.6 Å². The number of primary amides is 1. The van der Waals surface area contributed by atoms with Crippen LogP contribution in [0.25, 0.3) is 0 Å². The third-order valence-electron chi connectivity index (χ3n) is 1.50. The van der Waals surface area contributed by atoms with E-state index in [0.29, 0.717) is 5.69 Å². The van der Waals surface area contributed by atoms with Crippen LogP contribution in [0.3, 0.4) is 0 Å². The van der Waals surface area contributed by atoms with Crippen molar-refractivity contribution >= 4 is 5.91 Å². The van der Waals surface area contributed by atoms with Crippen molar-refractivity contribution < 1.29 is 9.90 Å².